The van der Waals surface area contributed by atoms with Gasteiger partial charge in [-0.2, -0.15) is 5.10 Å². The molecular weight excluding hydrogens is 210 g/mol. The van der Waals surface area contributed by atoms with Crippen molar-refractivity contribution < 1.29 is 14.7 Å². The highest BCUT2D eigenvalue weighted by molar-refractivity contribution is 5.88. The Hall–Kier alpha value is -1.85. The molecular formula is C10H15N3O3. The second-order valence-electron chi connectivity index (χ2n) is 3.73. The lowest BCUT2D eigenvalue weighted by Gasteiger charge is -2.09. The van der Waals surface area contributed by atoms with Crippen LogP contribution in [0.25, 0.3) is 0 Å². The van der Waals surface area contributed by atoms with E-state index in [0.29, 0.717) is 18.7 Å². The summed E-state index contributed by atoms with van der Waals surface area (Å²) in [4.78, 5) is 23.6. The summed E-state index contributed by atoms with van der Waals surface area (Å²) in [7, 11) is 3.36. The van der Waals surface area contributed by atoms with Gasteiger partial charge in [0.25, 0.3) is 0 Å². The van der Waals surface area contributed by atoms with E-state index in [0.717, 1.165) is 0 Å². The van der Waals surface area contributed by atoms with Crippen molar-refractivity contribution in [3.63, 3.8) is 0 Å². The first kappa shape index (κ1) is 12.2. The molecule has 1 rings (SSSR count). The van der Waals surface area contributed by atoms with E-state index >= 15 is 0 Å². The first-order valence-corrected chi connectivity index (χ1v) is 4.89. The summed E-state index contributed by atoms with van der Waals surface area (Å²) in [5, 5.41) is 12.8. The van der Waals surface area contributed by atoms with Gasteiger partial charge < -0.3 is 10.0 Å². The fraction of sp³-hybridized carbons (Fsp3) is 0.500. The highest BCUT2D eigenvalue weighted by atomic mass is 16.4. The number of aryl methyl sites for hydroxylation is 2. The van der Waals surface area contributed by atoms with Crippen LogP contribution in [0.15, 0.2) is 6.20 Å². The van der Waals surface area contributed by atoms with Crippen LogP contribution in [-0.2, 0) is 11.3 Å². The Morgan fingerprint density at radius 1 is 1.50 bits per heavy atom. The molecule has 0 unspecified atom stereocenters. The Bertz CT molecular complexity index is 409. The van der Waals surface area contributed by atoms with Crippen LogP contribution in [0.3, 0.4) is 0 Å². The van der Waals surface area contributed by atoms with Crippen LogP contribution in [0.1, 0.15) is 22.5 Å². The maximum absolute atomic E-state index is 11.3. The quantitative estimate of drug-likeness (QED) is 0.803. The van der Waals surface area contributed by atoms with E-state index in [1.165, 1.54) is 15.8 Å². The van der Waals surface area contributed by atoms with Gasteiger partial charge in [-0.05, 0) is 6.92 Å². The van der Waals surface area contributed by atoms with Crippen LogP contribution in [0.5, 0.6) is 0 Å². The highest BCUT2D eigenvalue weighted by Crippen LogP contribution is 2.06. The molecule has 0 bridgehead atoms. The van der Waals surface area contributed by atoms with Crippen LogP contribution >= 0.6 is 0 Å². The third-order valence-corrected chi connectivity index (χ3v) is 2.23. The average Bonchev–Trinajstić information content (AvgIpc) is 2.56. The fourth-order valence-corrected chi connectivity index (χ4v) is 1.28. The molecule has 16 heavy (non-hydrogen) atoms. The van der Waals surface area contributed by atoms with Crippen LogP contribution in [-0.4, -0.2) is 45.8 Å². The molecule has 0 radical (unpaired) electrons. The maximum Gasteiger partial charge on any atom is 0.339 e. The van der Waals surface area contributed by atoms with E-state index in [1.807, 2.05) is 0 Å². The van der Waals surface area contributed by atoms with Crippen LogP contribution in [0, 0.1) is 6.92 Å². The molecule has 0 spiro atoms. The van der Waals surface area contributed by atoms with Gasteiger partial charge in [0.05, 0.1) is 5.69 Å². The molecule has 1 aromatic rings. The Morgan fingerprint density at radius 2 is 2.12 bits per heavy atom. The molecule has 1 amide bonds. The second-order valence-corrected chi connectivity index (χ2v) is 3.73. The van der Waals surface area contributed by atoms with Gasteiger partial charge in [-0.15, -0.1) is 0 Å². The Kier molecular flexibility index (Phi) is 3.65. The Morgan fingerprint density at radius 3 is 2.56 bits per heavy atom. The standard InChI is InChI=1S/C10H15N3O3/c1-7-8(10(15)16)6-13(11-7)5-4-9(14)12(2)3/h6H,4-5H2,1-3H3,(H,15,16). The second kappa shape index (κ2) is 4.78. The van der Waals surface area contributed by atoms with Crippen LogP contribution in [0.2, 0.25) is 0 Å². The molecule has 0 aliphatic heterocycles. The number of carboxylic acids is 1. The average molecular weight is 225 g/mol. The van der Waals surface area contributed by atoms with Crippen molar-refractivity contribution in [2.45, 2.75) is 19.9 Å². The SMILES string of the molecule is Cc1nn(CCC(=O)N(C)C)cc1C(=O)O. The largest absolute Gasteiger partial charge is 0.478 e. The zero-order valence-electron chi connectivity index (χ0n) is 9.60. The molecule has 0 aromatic carbocycles. The Balaban J connectivity index is 2.65. The van der Waals surface area contributed by atoms with Gasteiger partial charge in [-0.1, -0.05) is 0 Å². The number of nitrogens with zero attached hydrogens (tertiary/aromatic N) is 3. The molecule has 0 saturated carbocycles. The molecule has 6 heteroatoms. The zero-order chi connectivity index (χ0) is 12.3. The monoisotopic (exact) mass is 225 g/mol. The minimum Gasteiger partial charge on any atom is -0.478 e. The third kappa shape index (κ3) is 2.82. The van der Waals surface area contributed by atoms with Gasteiger partial charge in [-0.25, -0.2) is 4.79 Å². The molecule has 0 fully saturated rings. The summed E-state index contributed by atoms with van der Waals surface area (Å²) in [6.07, 6.45) is 1.76. The minimum absolute atomic E-state index is 0.00923. The smallest absolute Gasteiger partial charge is 0.339 e. The molecule has 0 aliphatic carbocycles. The van der Waals surface area contributed by atoms with E-state index in [1.54, 1.807) is 21.0 Å². The molecule has 1 heterocycles. The van der Waals surface area contributed by atoms with Crippen molar-refractivity contribution in [1.82, 2.24) is 14.7 Å². The lowest BCUT2D eigenvalue weighted by Crippen LogP contribution is -2.23. The number of carbonyl (C=O) groups is 2. The molecule has 6 nitrogen and oxygen atoms in total. The van der Waals surface area contributed by atoms with Gasteiger partial charge in [-0.3, -0.25) is 9.48 Å². The van der Waals surface area contributed by atoms with E-state index in [2.05, 4.69) is 5.10 Å². The van der Waals surface area contributed by atoms with Gasteiger partial charge >= 0.3 is 5.97 Å². The van der Waals surface area contributed by atoms with Crippen LogP contribution < -0.4 is 0 Å². The van der Waals surface area contributed by atoms with Crippen molar-refractivity contribution in [3.05, 3.63) is 17.5 Å². The van der Waals surface area contributed by atoms with Gasteiger partial charge in [0.15, 0.2) is 0 Å². The minimum atomic E-state index is -0.998. The van der Waals surface area contributed by atoms with E-state index in [4.69, 9.17) is 5.11 Å². The predicted molar refractivity (Wildman–Crippen MR) is 57.2 cm³/mol. The molecule has 0 atom stereocenters. The summed E-state index contributed by atoms with van der Waals surface area (Å²) < 4.78 is 1.49. The molecule has 1 N–H and O–H groups in total. The zero-order valence-corrected chi connectivity index (χ0v) is 9.60. The number of amides is 1. The normalized spacial score (nSPS) is 10.2. The van der Waals surface area contributed by atoms with E-state index < -0.39 is 5.97 Å². The van der Waals surface area contributed by atoms with Crippen molar-refractivity contribution in [3.8, 4) is 0 Å². The molecule has 1 aromatic heterocycles. The van der Waals surface area contributed by atoms with Gasteiger partial charge in [0.1, 0.15) is 5.56 Å². The fourth-order valence-electron chi connectivity index (χ4n) is 1.28. The summed E-state index contributed by atoms with van der Waals surface area (Å²) in [6.45, 7) is 2.03. The molecule has 88 valence electrons. The first-order valence-electron chi connectivity index (χ1n) is 4.89. The van der Waals surface area contributed by atoms with Crippen LogP contribution in [0.4, 0.5) is 0 Å². The van der Waals surface area contributed by atoms with Crippen molar-refractivity contribution in [2.24, 2.45) is 0 Å². The summed E-state index contributed by atoms with van der Waals surface area (Å²) >= 11 is 0. The van der Waals surface area contributed by atoms with E-state index in [-0.39, 0.29) is 11.5 Å². The topological polar surface area (TPSA) is 75.4 Å². The molecule has 0 aliphatic rings. The summed E-state index contributed by atoms with van der Waals surface area (Å²) in [6, 6.07) is 0. The predicted octanol–water partition coefficient (Wildman–Crippen LogP) is 0.368. The number of carbonyl (C=O) groups excluding carboxylic acids is 1. The summed E-state index contributed by atoms with van der Waals surface area (Å²) in [5.41, 5.74) is 0.641. The lowest BCUT2D eigenvalue weighted by atomic mass is 10.3. The number of hydrogen-bond acceptors (Lipinski definition) is 3. The Labute approximate surface area is 93.5 Å². The molecule has 0 saturated heterocycles. The third-order valence-electron chi connectivity index (χ3n) is 2.23. The van der Waals surface area contributed by atoms with Gasteiger partial charge in [0, 0.05) is 33.3 Å². The summed E-state index contributed by atoms with van der Waals surface area (Å²) in [5.74, 6) is -1.01. The maximum atomic E-state index is 11.3. The van der Waals surface area contributed by atoms with Gasteiger partial charge in [0.2, 0.25) is 5.91 Å². The highest BCUT2D eigenvalue weighted by Gasteiger charge is 2.12. The lowest BCUT2D eigenvalue weighted by molar-refractivity contribution is -0.128. The number of carboxylic acid groups (broad SMARTS) is 1. The first-order chi connectivity index (χ1) is 7.41. The van der Waals surface area contributed by atoms with Crippen molar-refractivity contribution in [1.29, 1.82) is 0 Å². The number of rotatable bonds is 4. The van der Waals surface area contributed by atoms with E-state index in [9.17, 15) is 9.59 Å². The number of aromatic nitrogens is 2. The number of hydrogen-bond donors (Lipinski definition) is 1. The van der Waals surface area contributed by atoms with Crippen molar-refractivity contribution >= 4 is 11.9 Å². The number of aromatic carboxylic acids is 1. The van der Waals surface area contributed by atoms with Crippen molar-refractivity contribution in [2.75, 3.05) is 14.1 Å².